The minimum Gasteiger partial charge on any atom is -0.357 e. The standard InChI is InChI=1S/C19H25N5O/c1-2-15-7-6-8-16(13-15)22-19(25)21-14-17-20-10-9-18(23-17)24-11-4-3-5-12-24/h6-10,13H,2-5,11-12,14H2,1H3,(H2,21,22,25). The van der Waals surface area contributed by atoms with E-state index in [1.807, 2.05) is 30.3 Å². The van der Waals surface area contributed by atoms with Crippen LogP contribution in [-0.2, 0) is 13.0 Å². The Kier molecular flexibility index (Phi) is 5.82. The predicted molar refractivity (Wildman–Crippen MR) is 99.8 cm³/mol. The van der Waals surface area contributed by atoms with Gasteiger partial charge in [0, 0.05) is 25.0 Å². The summed E-state index contributed by atoms with van der Waals surface area (Å²) in [4.78, 5) is 23.2. The molecule has 25 heavy (non-hydrogen) atoms. The first kappa shape index (κ1) is 17.2. The molecule has 2 heterocycles. The SMILES string of the molecule is CCc1cccc(NC(=O)NCc2nccc(N3CCCCC3)n2)c1. The average Bonchev–Trinajstić information content (AvgIpc) is 2.67. The van der Waals surface area contributed by atoms with Crippen LogP contribution in [0, 0.1) is 0 Å². The molecular formula is C19H25N5O. The van der Waals surface area contributed by atoms with Crippen LogP contribution in [0.25, 0.3) is 0 Å². The maximum Gasteiger partial charge on any atom is 0.319 e. The van der Waals surface area contributed by atoms with Crippen molar-refractivity contribution in [1.82, 2.24) is 15.3 Å². The zero-order chi connectivity index (χ0) is 17.5. The second-order valence-corrected chi connectivity index (χ2v) is 6.24. The summed E-state index contributed by atoms with van der Waals surface area (Å²) < 4.78 is 0. The lowest BCUT2D eigenvalue weighted by atomic mass is 10.1. The number of urea groups is 1. The van der Waals surface area contributed by atoms with Gasteiger partial charge in [0.05, 0.1) is 6.54 Å². The monoisotopic (exact) mass is 339 g/mol. The fraction of sp³-hybridized carbons (Fsp3) is 0.421. The van der Waals surface area contributed by atoms with Crippen LogP contribution >= 0.6 is 0 Å². The van der Waals surface area contributed by atoms with E-state index in [4.69, 9.17) is 0 Å². The highest BCUT2D eigenvalue weighted by atomic mass is 16.2. The van der Waals surface area contributed by atoms with E-state index < -0.39 is 0 Å². The third-order valence-electron chi connectivity index (χ3n) is 4.37. The first-order valence-corrected chi connectivity index (χ1v) is 8.95. The molecule has 0 aliphatic carbocycles. The molecule has 6 nitrogen and oxygen atoms in total. The van der Waals surface area contributed by atoms with Crippen molar-refractivity contribution in [1.29, 1.82) is 0 Å². The van der Waals surface area contributed by atoms with Gasteiger partial charge in [-0.2, -0.15) is 0 Å². The molecule has 3 rings (SSSR count). The number of aryl methyl sites for hydroxylation is 1. The Morgan fingerprint density at radius 1 is 1.20 bits per heavy atom. The topological polar surface area (TPSA) is 70.2 Å². The van der Waals surface area contributed by atoms with Crippen LogP contribution in [0.5, 0.6) is 0 Å². The normalized spacial score (nSPS) is 14.2. The van der Waals surface area contributed by atoms with Crippen molar-refractivity contribution in [3.05, 3.63) is 47.9 Å². The molecule has 0 spiro atoms. The Morgan fingerprint density at radius 3 is 2.84 bits per heavy atom. The minimum atomic E-state index is -0.250. The molecule has 1 saturated heterocycles. The Balaban J connectivity index is 1.54. The van der Waals surface area contributed by atoms with E-state index >= 15 is 0 Å². The molecular weight excluding hydrogens is 314 g/mol. The van der Waals surface area contributed by atoms with Crippen molar-refractivity contribution < 1.29 is 4.79 Å². The second-order valence-electron chi connectivity index (χ2n) is 6.24. The van der Waals surface area contributed by atoms with Crippen molar-refractivity contribution in [3.8, 4) is 0 Å². The molecule has 0 atom stereocenters. The van der Waals surface area contributed by atoms with Crippen LogP contribution in [0.3, 0.4) is 0 Å². The molecule has 2 N–H and O–H groups in total. The first-order valence-electron chi connectivity index (χ1n) is 8.95. The summed E-state index contributed by atoms with van der Waals surface area (Å²) in [6.07, 6.45) is 6.40. The van der Waals surface area contributed by atoms with Gasteiger partial charge in [0.1, 0.15) is 11.6 Å². The highest BCUT2D eigenvalue weighted by Gasteiger charge is 2.13. The molecule has 0 bridgehead atoms. The van der Waals surface area contributed by atoms with Gasteiger partial charge >= 0.3 is 6.03 Å². The molecule has 0 saturated carbocycles. The summed E-state index contributed by atoms with van der Waals surface area (Å²) in [5.74, 6) is 1.57. The van der Waals surface area contributed by atoms with Gasteiger partial charge in [-0.25, -0.2) is 14.8 Å². The number of nitrogens with zero attached hydrogens (tertiary/aromatic N) is 3. The van der Waals surface area contributed by atoms with Gasteiger partial charge in [-0.3, -0.25) is 0 Å². The molecule has 1 aliphatic rings. The van der Waals surface area contributed by atoms with Gasteiger partial charge in [-0.15, -0.1) is 0 Å². The number of carbonyl (C=O) groups is 1. The maximum atomic E-state index is 12.1. The molecule has 2 amide bonds. The van der Waals surface area contributed by atoms with E-state index in [-0.39, 0.29) is 6.03 Å². The number of benzene rings is 1. The summed E-state index contributed by atoms with van der Waals surface area (Å²) in [5, 5.41) is 5.67. The number of aromatic nitrogens is 2. The third-order valence-corrected chi connectivity index (χ3v) is 4.37. The Labute approximate surface area is 148 Å². The summed E-state index contributed by atoms with van der Waals surface area (Å²) in [6.45, 7) is 4.48. The highest BCUT2D eigenvalue weighted by molar-refractivity contribution is 5.89. The van der Waals surface area contributed by atoms with Crippen molar-refractivity contribution in [2.24, 2.45) is 0 Å². The minimum absolute atomic E-state index is 0.250. The molecule has 132 valence electrons. The van der Waals surface area contributed by atoms with E-state index in [1.54, 1.807) is 6.20 Å². The molecule has 0 radical (unpaired) electrons. The number of amides is 2. The Bertz CT molecular complexity index is 712. The zero-order valence-electron chi connectivity index (χ0n) is 14.7. The van der Waals surface area contributed by atoms with Gasteiger partial charge in [0.25, 0.3) is 0 Å². The molecule has 0 unspecified atom stereocenters. The van der Waals surface area contributed by atoms with Crippen LogP contribution in [0.1, 0.15) is 37.6 Å². The lowest BCUT2D eigenvalue weighted by Crippen LogP contribution is -2.31. The van der Waals surface area contributed by atoms with Crippen LogP contribution in [0.4, 0.5) is 16.3 Å². The molecule has 2 aromatic rings. The van der Waals surface area contributed by atoms with Gasteiger partial charge in [0.2, 0.25) is 0 Å². The average molecular weight is 339 g/mol. The van der Waals surface area contributed by atoms with Crippen LogP contribution in [0.15, 0.2) is 36.5 Å². The fourth-order valence-corrected chi connectivity index (χ4v) is 2.98. The largest absolute Gasteiger partial charge is 0.357 e. The molecule has 1 aliphatic heterocycles. The molecule has 1 aromatic heterocycles. The van der Waals surface area contributed by atoms with E-state index in [0.29, 0.717) is 12.4 Å². The van der Waals surface area contributed by atoms with Crippen LogP contribution in [-0.4, -0.2) is 29.1 Å². The number of nitrogens with one attached hydrogen (secondary N) is 2. The molecule has 1 aromatic carbocycles. The summed E-state index contributed by atoms with van der Waals surface area (Å²) in [7, 11) is 0. The quantitative estimate of drug-likeness (QED) is 0.876. The van der Waals surface area contributed by atoms with E-state index in [0.717, 1.165) is 31.0 Å². The second kappa shape index (κ2) is 8.46. The highest BCUT2D eigenvalue weighted by Crippen LogP contribution is 2.17. The lowest BCUT2D eigenvalue weighted by molar-refractivity contribution is 0.251. The molecule has 1 fully saturated rings. The van der Waals surface area contributed by atoms with Gasteiger partial charge < -0.3 is 15.5 Å². The van der Waals surface area contributed by atoms with Crippen molar-refractivity contribution in [2.75, 3.05) is 23.3 Å². The first-order chi connectivity index (χ1) is 12.2. The van der Waals surface area contributed by atoms with E-state index in [1.165, 1.54) is 24.8 Å². The van der Waals surface area contributed by atoms with Crippen molar-refractivity contribution in [3.63, 3.8) is 0 Å². The summed E-state index contributed by atoms with van der Waals surface area (Å²) in [5.41, 5.74) is 1.98. The van der Waals surface area contributed by atoms with Crippen molar-refractivity contribution >= 4 is 17.5 Å². The predicted octanol–water partition coefficient (Wildman–Crippen LogP) is 3.35. The Morgan fingerprint density at radius 2 is 2.04 bits per heavy atom. The fourth-order valence-electron chi connectivity index (χ4n) is 2.98. The zero-order valence-corrected chi connectivity index (χ0v) is 14.7. The number of carbonyl (C=O) groups excluding carboxylic acids is 1. The van der Waals surface area contributed by atoms with Gasteiger partial charge in [-0.05, 0) is 49.4 Å². The van der Waals surface area contributed by atoms with E-state index in [9.17, 15) is 4.79 Å². The third kappa shape index (κ3) is 4.92. The summed E-state index contributed by atoms with van der Waals surface area (Å²) >= 11 is 0. The van der Waals surface area contributed by atoms with Crippen LogP contribution in [0.2, 0.25) is 0 Å². The van der Waals surface area contributed by atoms with Gasteiger partial charge in [0.15, 0.2) is 0 Å². The number of piperidine rings is 1. The van der Waals surface area contributed by atoms with Crippen molar-refractivity contribution in [2.45, 2.75) is 39.2 Å². The smallest absolute Gasteiger partial charge is 0.319 e. The molecule has 6 heteroatoms. The number of hydrogen-bond acceptors (Lipinski definition) is 4. The van der Waals surface area contributed by atoms with Gasteiger partial charge in [-0.1, -0.05) is 19.1 Å². The summed E-state index contributed by atoms with van der Waals surface area (Å²) in [6, 6.07) is 9.54. The number of hydrogen-bond donors (Lipinski definition) is 2. The van der Waals surface area contributed by atoms with Crippen LogP contribution < -0.4 is 15.5 Å². The maximum absolute atomic E-state index is 12.1. The number of anilines is 2. The van der Waals surface area contributed by atoms with E-state index in [2.05, 4.69) is 32.4 Å². The number of rotatable bonds is 5. The lowest BCUT2D eigenvalue weighted by Gasteiger charge is -2.27. The Hall–Kier alpha value is -2.63.